The molecule has 4 aromatic rings. The number of carbonyl (C=O) groups is 3. The molecule has 0 spiro atoms. The molecule has 226 valence electrons. The molecular formula is C31H28N4O7S2. The monoisotopic (exact) mass is 632 g/mol. The molecule has 13 heteroatoms. The second-order valence-corrected chi connectivity index (χ2v) is 13.5. The first-order chi connectivity index (χ1) is 21.1. The Morgan fingerprint density at radius 1 is 1.11 bits per heavy atom. The van der Waals surface area contributed by atoms with E-state index in [2.05, 4.69) is 15.6 Å². The smallest absolute Gasteiger partial charge is 0.323 e. The number of carboxylic acid groups (broad SMARTS) is 1. The molecule has 1 atom stereocenters. The van der Waals surface area contributed by atoms with Crippen LogP contribution >= 0.6 is 11.3 Å². The molecule has 1 saturated heterocycles. The van der Waals surface area contributed by atoms with Crippen molar-refractivity contribution in [3.05, 3.63) is 94.0 Å². The van der Waals surface area contributed by atoms with E-state index in [1.807, 2.05) is 29.2 Å². The molecule has 2 aliphatic rings. The van der Waals surface area contributed by atoms with Crippen LogP contribution in [0.15, 0.2) is 76.7 Å². The number of fused-ring (bicyclic) bond motifs is 2. The van der Waals surface area contributed by atoms with Gasteiger partial charge in [0, 0.05) is 35.3 Å². The number of anilines is 1. The maximum absolute atomic E-state index is 13.3. The molecule has 0 aliphatic carbocycles. The Balaban J connectivity index is 1.13. The molecule has 0 saturated carbocycles. The normalized spacial score (nSPS) is 17.6. The highest BCUT2D eigenvalue weighted by Gasteiger charge is 2.33. The second kappa shape index (κ2) is 11.9. The predicted molar refractivity (Wildman–Crippen MR) is 162 cm³/mol. The second-order valence-electron chi connectivity index (χ2n) is 10.5. The summed E-state index contributed by atoms with van der Waals surface area (Å²) in [5.41, 5.74) is 2.61. The number of carbonyl (C=O) groups excluding carboxylic acids is 2. The Morgan fingerprint density at radius 3 is 2.66 bits per heavy atom. The largest absolute Gasteiger partial charge is 0.480 e. The average Bonchev–Trinajstić information content (AvgIpc) is 3.47. The van der Waals surface area contributed by atoms with Gasteiger partial charge in [0.2, 0.25) is 9.84 Å². The van der Waals surface area contributed by atoms with Crippen molar-refractivity contribution in [2.75, 3.05) is 25.1 Å². The van der Waals surface area contributed by atoms with E-state index in [9.17, 15) is 27.9 Å². The maximum atomic E-state index is 13.3. The van der Waals surface area contributed by atoms with Crippen molar-refractivity contribution in [2.24, 2.45) is 0 Å². The molecular weight excluding hydrogens is 604 g/mol. The van der Waals surface area contributed by atoms with Gasteiger partial charge in [0.15, 0.2) is 0 Å². The Bertz CT molecular complexity index is 1890. The summed E-state index contributed by atoms with van der Waals surface area (Å²) in [5, 5.41) is 15.8. The molecule has 3 N–H and O–H groups in total. The fourth-order valence-electron chi connectivity index (χ4n) is 5.33. The van der Waals surface area contributed by atoms with Gasteiger partial charge in [-0.15, -0.1) is 11.3 Å². The summed E-state index contributed by atoms with van der Waals surface area (Å²) in [5.74, 6) is -1.87. The lowest BCUT2D eigenvalue weighted by atomic mass is 10.1. The zero-order chi connectivity index (χ0) is 31.0. The first-order valence-corrected chi connectivity index (χ1v) is 16.1. The lowest BCUT2D eigenvalue weighted by molar-refractivity contribution is -0.150. The van der Waals surface area contributed by atoms with E-state index in [4.69, 9.17) is 4.74 Å². The molecule has 1 fully saturated rings. The van der Waals surface area contributed by atoms with Crippen LogP contribution in [0.5, 0.6) is 0 Å². The third kappa shape index (κ3) is 5.62. The van der Waals surface area contributed by atoms with E-state index in [-0.39, 0.29) is 39.8 Å². The molecule has 0 bridgehead atoms. The van der Waals surface area contributed by atoms with Crippen LogP contribution in [-0.2, 0) is 32.5 Å². The lowest BCUT2D eigenvalue weighted by Crippen LogP contribution is -2.49. The van der Waals surface area contributed by atoms with Gasteiger partial charge < -0.3 is 20.5 Å². The summed E-state index contributed by atoms with van der Waals surface area (Å²) < 4.78 is 32.0. The number of aliphatic carboxylic acids is 1. The van der Waals surface area contributed by atoms with E-state index in [1.54, 1.807) is 25.3 Å². The number of rotatable bonds is 7. The summed E-state index contributed by atoms with van der Waals surface area (Å²) >= 11 is 1.42. The van der Waals surface area contributed by atoms with E-state index < -0.39 is 33.7 Å². The quantitative estimate of drug-likeness (QED) is 0.276. The van der Waals surface area contributed by atoms with Crippen molar-refractivity contribution >= 4 is 44.6 Å². The zero-order valence-electron chi connectivity index (χ0n) is 23.6. The molecule has 0 unspecified atom stereocenters. The number of ether oxygens (including phenoxy) is 1. The number of sulfone groups is 1. The SMILES string of the molecule is Cc1c(C(=O)NCc2cnc(-c3ccc(CN4CCOC[C@H]4C(=O)O)cc3)s2)ccc2c1NC(=O)c1ccccc1S2(=O)=O. The zero-order valence-corrected chi connectivity index (χ0v) is 25.2. The number of nitrogens with zero attached hydrogens (tertiary/aromatic N) is 2. The van der Waals surface area contributed by atoms with Crippen LogP contribution in [0.2, 0.25) is 0 Å². The minimum absolute atomic E-state index is 0.0497. The number of hydrogen-bond donors (Lipinski definition) is 3. The van der Waals surface area contributed by atoms with Gasteiger partial charge in [0.05, 0.1) is 40.8 Å². The van der Waals surface area contributed by atoms with Crippen molar-refractivity contribution in [3.8, 4) is 10.6 Å². The summed E-state index contributed by atoms with van der Waals surface area (Å²) in [6.07, 6.45) is 1.69. The first-order valence-electron chi connectivity index (χ1n) is 13.8. The predicted octanol–water partition coefficient (Wildman–Crippen LogP) is 3.73. The third-order valence-electron chi connectivity index (χ3n) is 7.71. The van der Waals surface area contributed by atoms with Gasteiger partial charge in [-0.1, -0.05) is 36.4 Å². The minimum Gasteiger partial charge on any atom is -0.480 e. The molecule has 6 rings (SSSR count). The fourth-order valence-corrected chi connectivity index (χ4v) is 7.85. The van der Waals surface area contributed by atoms with Crippen LogP contribution in [0.25, 0.3) is 10.6 Å². The standard InChI is InChI=1S/C31H28N4O7S2/c1-18-22(10-11-26-27(18)34-29(37)23-4-2-3-5-25(23)44(26,40)41)28(36)32-14-21-15-33-30(43-21)20-8-6-19(7-9-20)16-35-12-13-42-17-24(35)31(38)39/h2-11,15,24H,12-14,16-17H2,1H3,(H,32,36)(H,34,37)(H,38,39)/t24-/m0/s1. The summed E-state index contributed by atoms with van der Waals surface area (Å²) in [6.45, 7) is 3.53. The van der Waals surface area contributed by atoms with Crippen LogP contribution in [0.1, 0.15) is 36.7 Å². The molecule has 0 radical (unpaired) electrons. The van der Waals surface area contributed by atoms with Crippen LogP contribution < -0.4 is 10.6 Å². The van der Waals surface area contributed by atoms with Gasteiger partial charge in [-0.2, -0.15) is 0 Å². The fraction of sp³-hybridized carbons (Fsp3) is 0.226. The van der Waals surface area contributed by atoms with Crippen molar-refractivity contribution in [3.63, 3.8) is 0 Å². The van der Waals surface area contributed by atoms with Crippen molar-refractivity contribution in [1.82, 2.24) is 15.2 Å². The number of aromatic nitrogens is 1. The first kappa shape index (κ1) is 29.6. The molecule has 44 heavy (non-hydrogen) atoms. The van der Waals surface area contributed by atoms with Crippen LogP contribution in [-0.4, -0.2) is 67.0 Å². The third-order valence-corrected chi connectivity index (χ3v) is 10.6. The molecule has 3 heterocycles. The van der Waals surface area contributed by atoms with E-state index in [0.717, 1.165) is 21.0 Å². The topological polar surface area (TPSA) is 155 Å². The maximum Gasteiger partial charge on any atom is 0.323 e. The Morgan fingerprint density at radius 2 is 1.89 bits per heavy atom. The van der Waals surface area contributed by atoms with Crippen LogP contribution in [0, 0.1) is 6.92 Å². The molecule has 11 nitrogen and oxygen atoms in total. The lowest BCUT2D eigenvalue weighted by Gasteiger charge is -2.32. The van der Waals surface area contributed by atoms with Crippen molar-refractivity contribution in [2.45, 2.75) is 35.8 Å². The number of hydrogen-bond acceptors (Lipinski definition) is 9. The highest BCUT2D eigenvalue weighted by molar-refractivity contribution is 7.91. The molecule has 2 aliphatic heterocycles. The number of carboxylic acids is 1. The van der Waals surface area contributed by atoms with E-state index >= 15 is 0 Å². The van der Waals surface area contributed by atoms with E-state index in [0.29, 0.717) is 25.3 Å². The summed E-state index contributed by atoms with van der Waals surface area (Å²) in [7, 11) is -3.98. The van der Waals surface area contributed by atoms with Crippen molar-refractivity contribution < 1.29 is 32.6 Å². The Kier molecular flexibility index (Phi) is 8.03. The van der Waals surface area contributed by atoms with Gasteiger partial charge in [0.1, 0.15) is 11.0 Å². The van der Waals surface area contributed by atoms with Gasteiger partial charge in [0.25, 0.3) is 11.8 Å². The Labute approximate surface area is 257 Å². The van der Waals surface area contributed by atoms with Crippen LogP contribution in [0.3, 0.4) is 0 Å². The number of nitrogens with one attached hydrogen (secondary N) is 2. The van der Waals surface area contributed by atoms with Crippen LogP contribution in [0.4, 0.5) is 5.69 Å². The van der Waals surface area contributed by atoms with Gasteiger partial charge in [-0.3, -0.25) is 19.3 Å². The Hall–Kier alpha value is -4.43. The van der Waals surface area contributed by atoms with Gasteiger partial charge >= 0.3 is 5.97 Å². The van der Waals surface area contributed by atoms with Gasteiger partial charge in [-0.25, -0.2) is 13.4 Å². The molecule has 2 amide bonds. The molecule has 1 aromatic heterocycles. The number of thiazole rings is 1. The number of morpholine rings is 1. The highest BCUT2D eigenvalue weighted by Crippen LogP contribution is 2.37. The van der Waals surface area contributed by atoms with E-state index in [1.165, 1.54) is 35.6 Å². The number of benzene rings is 3. The average molecular weight is 633 g/mol. The minimum atomic E-state index is -3.98. The number of amides is 2. The van der Waals surface area contributed by atoms with Gasteiger partial charge in [-0.05, 0) is 42.3 Å². The summed E-state index contributed by atoms with van der Waals surface area (Å²) in [6, 6.07) is 15.9. The summed E-state index contributed by atoms with van der Waals surface area (Å²) in [4.78, 5) is 44.6. The molecule has 3 aromatic carbocycles. The van der Waals surface area contributed by atoms with Crippen molar-refractivity contribution in [1.29, 1.82) is 0 Å². The highest BCUT2D eigenvalue weighted by atomic mass is 32.2.